The molecule has 4 nitrogen and oxygen atoms in total. The Hall–Kier alpha value is -2.17. The monoisotopic (exact) mass is 276 g/mol. The van der Waals surface area contributed by atoms with Gasteiger partial charge in [0.1, 0.15) is 11.3 Å². The average molecular weight is 276 g/mol. The summed E-state index contributed by atoms with van der Waals surface area (Å²) < 4.78 is 13.8. The summed E-state index contributed by atoms with van der Waals surface area (Å²) in [5.41, 5.74) is 1.81. The number of aliphatic carboxylic acids is 1. The number of nitrogens with zero attached hydrogens (tertiary/aromatic N) is 2. The minimum atomic E-state index is -0.849. The second kappa shape index (κ2) is 5.45. The lowest BCUT2D eigenvalue weighted by Gasteiger charge is -2.23. The van der Waals surface area contributed by atoms with Crippen LogP contribution in [0.1, 0.15) is 12.6 Å². The summed E-state index contributed by atoms with van der Waals surface area (Å²) in [7, 11) is 1.80. The Balaban J connectivity index is 2.48. The van der Waals surface area contributed by atoms with Crippen LogP contribution >= 0.6 is 0 Å². The zero-order valence-corrected chi connectivity index (χ0v) is 11.7. The fourth-order valence-corrected chi connectivity index (χ4v) is 2.22. The molecule has 1 aromatic heterocycles. The van der Waals surface area contributed by atoms with E-state index in [2.05, 4.69) is 4.98 Å². The van der Waals surface area contributed by atoms with E-state index in [0.29, 0.717) is 23.1 Å². The Morgan fingerprint density at radius 2 is 2.20 bits per heavy atom. The van der Waals surface area contributed by atoms with E-state index in [-0.39, 0.29) is 5.82 Å². The smallest absolute Gasteiger partial charge is 0.308 e. The van der Waals surface area contributed by atoms with Gasteiger partial charge in [-0.05, 0) is 19.1 Å². The third kappa shape index (κ3) is 2.71. The van der Waals surface area contributed by atoms with Gasteiger partial charge < -0.3 is 10.0 Å². The number of benzene rings is 1. The average Bonchev–Trinajstić information content (AvgIpc) is 2.38. The zero-order chi connectivity index (χ0) is 14.9. The van der Waals surface area contributed by atoms with Gasteiger partial charge in [0.15, 0.2) is 0 Å². The number of carboxylic acids is 1. The molecule has 1 unspecified atom stereocenters. The zero-order valence-electron chi connectivity index (χ0n) is 11.7. The largest absolute Gasteiger partial charge is 0.481 e. The molecule has 0 fully saturated rings. The summed E-state index contributed by atoms with van der Waals surface area (Å²) in [6.45, 7) is 3.80. The van der Waals surface area contributed by atoms with E-state index in [1.165, 1.54) is 6.07 Å². The van der Waals surface area contributed by atoms with Crippen LogP contribution < -0.4 is 4.90 Å². The van der Waals surface area contributed by atoms with Gasteiger partial charge in [0, 0.05) is 30.4 Å². The van der Waals surface area contributed by atoms with Crippen LogP contribution in [0, 0.1) is 18.7 Å². The van der Waals surface area contributed by atoms with E-state index in [1.807, 2.05) is 11.0 Å². The first-order valence-electron chi connectivity index (χ1n) is 6.40. The molecule has 0 bridgehead atoms. The van der Waals surface area contributed by atoms with E-state index in [0.717, 1.165) is 5.69 Å². The number of hydrogen-bond donors (Lipinski definition) is 1. The minimum Gasteiger partial charge on any atom is -0.481 e. The minimum absolute atomic E-state index is 0.317. The van der Waals surface area contributed by atoms with Gasteiger partial charge in [-0.15, -0.1) is 0 Å². The van der Waals surface area contributed by atoms with E-state index < -0.39 is 11.9 Å². The molecular weight excluding hydrogens is 259 g/mol. The van der Waals surface area contributed by atoms with Crippen molar-refractivity contribution in [3.63, 3.8) is 0 Å². The van der Waals surface area contributed by atoms with Crippen LogP contribution in [0.5, 0.6) is 0 Å². The van der Waals surface area contributed by atoms with Gasteiger partial charge in [-0.1, -0.05) is 19.1 Å². The van der Waals surface area contributed by atoms with Crippen molar-refractivity contribution in [1.82, 2.24) is 4.98 Å². The number of carbonyl (C=O) groups is 1. The summed E-state index contributed by atoms with van der Waals surface area (Å²) >= 11 is 0. The summed E-state index contributed by atoms with van der Waals surface area (Å²) in [5, 5.41) is 9.68. The fourth-order valence-electron chi connectivity index (χ4n) is 2.22. The van der Waals surface area contributed by atoms with Gasteiger partial charge in [-0.2, -0.15) is 0 Å². The Morgan fingerprint density at radius 3 is 2.85 bits per heavy atom. The van der Waals surface area contributed by atoms with Crippen molar-refractivity contribution >= 4 is 22.6 Å². The van der Waals surface area contributed by atoms with Crippen molar-refractivity contribution in [2.45, 2.75) is 13.8 Å². The molecule has 106 valence electrons. The second-order valence-electron chi connectivity index (χ2n) is 5.04. The van der Waals surface area contributed by atoms with Crippen molar-refractivity contribution in [3.05, 3.63) is 35.8 Å². The molecule has 2 rings (SSSR count). The molecule has 0 aliphatic heterocycles. The second-order valence-corrected chi connectivity index (χ2v) is 5.04. The highest BCUT2D eigenvalue weighted by Gasteiger charge is 2.17. The fraction of sp³-hybridized carbons (Fsp3) is 0.333. The standard InChI is InChI=1S/C15H17FN2O2/c1-9(15(19)20)8-18(3)13-7-10(2)17-14-11(13)5-4-6-12(14)16/h4-7,9H,8H2,1-3H3,(H,19,20). The lowest BCUT2D eigenvalue weighted by atomic mass is 10.1. The number of para-hydroxylation sites is 1. The van der Waals surface area contributed by atoms with Gasteiger partial charge in [0.05, 0.1) is 5.92 Å². The van der Waals surface area contributed by atoms with Gasteiger partial charge in [-0.3, -0.25) is 4.79 Å². The number of aromatic nitrogens is 1. The maximum Gasteiger partial charge on any atom is 0.308 e. The van der Waals surface area contributed by atoms with Gasteiger partial charge in [-0.25, -0.2) is 9.37 Å². The number of halogens is 1. The Morgan fingerprint density at radius 1 is 1.50 bits per heavy atom. The number of carboxylic acid groups (broad SMARTS) is 1. The molecule has 1 heterocycles. The van der Waals surface area contributed by atoms with E-state index in [1.54, 1.807) is 33.0 Å². The van der Waals surface area contributed by atoms with Gasteiger partial charge in [0.25, 0.3) is 0 Å². The lowest BCUT2D eigenvalue weighted by molar-refractivity contribution is -0.140. The highest BCUT2D eigenvalue weighted by Crippen LogP contribution is 2.28. The third-order valence-electron chi connectivity index (χ3n) is 3.28. The number of aryl methyl sites for hydroxylation is 1. The molecular formula is C15H17FN2O2. The first-order chi connectivity index (χ1) is 9.40. The first-order valence-corrected chi connectivity index (χ1v) is 6.40. The van der Waals surface area contributed by atoms with Crippen LogP contribution in [0.25, 0.3) is 10.9 Å². The quantitative estimate of drug-likeness (QED) is 0.933. The van der Waals surface area contributed by atoms with E-state index >= 15 is 0 Å². The Bertz CT molecular complexity index is 658. The third-order valence-corrected chi connectivity index (χ3v) is 3.28. The van der Waals surface area contributed by atoms with Crippen molar-refractivity contribution in [2.24, 2.45) is 5.92 Å². The molecule has 0 saturated heterocycles. The lowest BCUT2D eigenvalue weighted by Crippen LogP contribution is -2.28. The molecule has 0 amide bonds. The summed E-state index contributed by atoms with van der Waals surface area (Å²) in [6, 6.07) is 6.64. The van der Waals surface area contributed by atoms with Crippen molar-refractivity contribution in [3.8, 4) is 0 Å². The topological polar surface area (TPSA) is 53.4 Å². The SMILES string of the molecule is Cc1cc(N(C)CC(C)C(=O)O)c2cccc(F)c2n1. The molecule has 0 aliphatic rings. The Labute approximate surface area is 116 Å². The molecule has 1 atom stereocenters. The van der Waals surface area contributed by atoms with E-state index in [4.69, 9.17) is 5.11 Å². The van der Waals surface area contributed by atoms with Crippen molar-refractivity contribution in [1.29, 1.82) is 0 Å². The molecule has 20 heavy (non-hydrogen) atoms. The van der Waals surface area contributed by atoms with Crippen molar-refractivity contribution < 1.29 is 14.3 Å². The molecule has 0 aliphatic carbocycles. The summed E-state index contributed by atoms with van der Waals surface area (Å²) in [6.07, 6.45) is 0. The molecule has 0 spiro atoms. The summed E-state index contributed by atoms with van der Waals surface area (Å²) in [4.78, 5) is 17.0. The Kier molecular flexibility index (Phi) is 3.88. The number of anilines is 1. The van der Waals surface area contributed by atoms with Gasteiger partial charge in [0.2, 0.25) is 0 Å². The molecule has 1 N–H and O–H groups in total. The number of rotatable bonds is 4. The van der Waals surface area contributed by atoms with Crippen LogP contribution in [-0.4, -0.2) is 29.7 Å². The van der Waals surface area contributed by atoms with Crippen LogP contribution in [0.2, 0.25) is 0 Å². The predicted octanol–water partition coefficient (Wildman–Crippen LogP) is 2.84. The van der Waals surface area contributed by atoms with Crippen LogP contribution in [-0.2, 0) is 4.79 Å². The maximum absolute atomic E-state index is 13.8. The van der Waals surface area contributed by atoms with Crippen molar-refractivity contribution in [2.75, 3.05) is 18.5 Å². The van der Waals surface area contributed by atoms with Crippen LogP contribution in [0.4, 0.5) is 10.1 Å². The highest BCUT2D eigenvalue weighted by atomic mass is 19.1. The molecule has 2 aromatic rings. The molecule has 1 aromatic carbocycles. The summed E-state index contributed by atoms with van der Waals surface area (Å²) in [5.74, 6) is -1.72. The highest BCUT2D eigenvalue weighted by molar-refractivity contribution is 5.92. The van der Waals surface area contributed by atoms with Gasteiger partial charge >= 0.3 is 5.97 Å². The predicted molar refractivity (Wildman–Crippen MR) is 76.5 cm³/mol. The number of fused-ring (bicyclic) bond motifs is 1. The van der Waals surface area contributed by atoms with E-state index in [9.17, 15) is 9.18 Å². The maximum atomic E-state index is 13.8. The molecule has 5 heteroatoms. The number of pyridine rings is 1. The molecule has 0 saturated carbocycles. The number of hydrogen-bond acceptors (Lipinski definition) is 3. The van der Waals surface area contributed by atoms with Crippen LogP contribution in [0.15, 0.2) is 24.3 Å². The normalized spacial score (nSPS) is 12.4. The van der Waals surface area contributed by atoms with Crippen LogP contribution in [0.3, 0.4) is 0 Å². The first kappa shape index (κ1) is 14.2. The molecule has 0 radical (unpaired) electrons.